The van der Waals surface area contributed by atoms with E-state index in [1.54, 1.807) is 0 Å². The fourth-order valence-corrected chi connectivity index (χ4v) is 4.30. The number of carbonyl (C=O) groups is 2. The predicted octanol–water partition coefficient (Wildman–Crippen LogP) is 3.63. The van der Waals surface area contributed by atoms with E-state index in [4.69, 9.17) is 9.47 Å². The van der Waals surface area contributed by atoms with Gasteiger partial charge in [-0.05, 0) is 56.9 Å². The van der Waals surface area contributed by atoms with Crippen molar-refractivity contribution in [2.45, 2.75) is 51.4 Å². The van der Waals surface area contributed by atoms with Crippen LogP contribution in [0, 0.1) is 17.3 Å². The van der Waals surface area contributed by atoms with Gasteiger partial charge >= 0.3 is 11.9 Å². The molecule has 4 heteroatoms. The maximum atomic E-state index is 12.8. The molecule has 132 valence electrons. The van der Waals surface area contributed by atoms with Crippen molar-refractivity contribution in [1.82, 2.24) is 0 Å². The number of hydrogen-bond donors (Lipinski definition) is 0. The van der Waals surface area contributed by atoms with Crippen molar-refractivity contribution in [2.24, 2.45) is 5.41 Å². The van der Waals surface area contributed by atoms with Crippen molar-refractivity contribution in [3.05, 3.63) is 34.4 Å². The maximum absolute atomic E-state index is 12.8. The van der Waals surface area contributed by atoms with Crippen molar-refractivity contribution < 1.29 is 19.1 Å². The topological polar surface area (TPSA) is 52.6 Å². The van der Waals surface area contributed by atoms with Crippen LogP contribution in [0.2, 0.25) is 0 Å². The molecule has 0 aromatic carbocycles. The highest BCUT2D eigenvalue weighted by atomic mass is 16.5. The standard InChI is InChI=1S/C21H24O4/c1-14-10-11-15-6-4-7-16(15)12-21(19(22)24-2,20(23)25-3)13-17-8-5-9-18(14)17/h1,4-9,12-13H2,2-3H3. The number of ether oxygens (including phenoxy) is 2. The molecule has 0 saturated carbocycles. The van der Waals surface area contributed by atoms with Crippen LogP contribution in [0.5, 0.6) is 0 Å². The van der Waals surface area contributed by atoms with Crippen molar-refractivity contribution in [2.75, 3.05) is 14.2 Å². The summed E-state index contributed by atoms with van der Waals surface area (Å²) in [6.45, 7) is 4.14. The van der Waals surface area contributed by atoms with E-state index in [2.05, 4.69) is 18.4 Å². The van der Waals surface area contributed by atoms with Gasteiger partial charge in [0.05, 0.1) is 14.2 Å². The Labute approximate surface area is 149 Å². The summed E-state index contributed by atoms with van der Waals surface area (Å²) in [5.74, 6) is 5.44. The predicted molar refractivity (Wildman–Crippen MR) is 94.4 cm³/mol. The smallest absolute Gasteiger partial charge is 0.323 e. The third-order valence-corrected chi connectivity index (χ3v) is 5.58. The van der Waals surface area contributed by atoms with Crippen LogP contribution in [0.3, 0.4) is 0 Å². The molecule has 3 aliphatic carbocycles. The number of hydrogen-bond acceptors (Lipinski definition) is 4. The third-order valence-electron chi connectivity index (χ3n) is 5.58. The lowest BCUT2D eigenvalue weighted by Gasteiger charge is -2.30. The first-order chi connectivity index (χ1) is 12.0. The minimum Gasteiger partial charge on any atom is -0.468 e. The highest BCUT2D eigenvalue weighted by molar-refractivity contribution is 6.00. The van der Waals surface area contributed by atoms with E-state index in [0.29, 0.717) is 12.8 Å². The highest BCUT2D eigenvalue weighted by Gasteiger charge is 2.50. The molecule has 0 atom stereocenters. The molecule has 0 spiro atoms. The number of methoxy groups -OCH3 is 2. The molecule has 0 aromatic rings. The van der Waals surface area contributed by atoms with Crippen molar-refractivity contribution in [3.8, 4) is 11.8 Å². The summed E-state index contributed by atoms with van der Waals surface area (Å²) in [4.78, 5) is 25.6. The average Bonchev–Trinajstić information content (AvgIpc) is 3.26. The van der Waals surface area contributed by atoms with Crippen LogP contribution in [0.15, 0.2) is 34.4 Å². The summed E-state index contributed by atoms with van der Waals surface area (Å²) in [6.07, 6.45) is 6.16. The fraction of sp³-hybridized carbons (Fsp3) is 0.524. The molecular formula is C21H24O4. The molecule has 4 nitrogen and oxygen atoms in total. The Bertz CT molecular complexity index is 739. The van der Waals surface area contributed by atoms with Crippen molar-refractivity contribution in [3.63, 3.8) is 0 Å². The summed E-state index contributed by atoms with van der Waals surface area (Å²) in [7, 11) is 2.66. The van der Waals surface area contributed by atoms with Gasteiger partial charge in [-0.25, -0.2) is 0 Å². The first kappa shape index (κ1) is 17.5. The van der Waals surface area contributed by atoms with Gasteiger partial charge in [-0.3, -0.25) is 9.59 Å². The largest absolute Gasteiger partial charge is 0.468 e. The Morgan fingerprint density at radius 1 is 0.920 bits per heavy atom. The monoisotopic (exact) mass is 340 g/mol. The number of allylic oxidation sites excluding steroid dienone is 5. The zero-order valence-corrected chi connectivity index (χ0v) is 15.0. The highest BCUT2D eigenvalue weighted by Crippen LogP contribution is 2.45. The first-order valence-corrected chi connectivity index (χ1v) is 8.81. The minimum atomic E-state index is -1.32. The Morgan fingerprint density at radius 2 is 1.52 bits per heavy atom. The van der Waals surface area contributed by atoms with E-state index in [1.165, 1.54) is 14.2 Å². The van der Waals surface area contributed by atoms with Crippen LogP contribution in [0.1, 0.15) is 51.4 Å². The molecule has 0 saturated heterocycles. The molecule has 0 amide bonds. The average molecular weight is 340 g/mol. The molecular weight excluding hydrogens is 316 g/mol. The Hall–Kier alpha value is -2.28. The summed E-state index contributed by atoms with van der Waals surface area (Å²) >= 11 is 0. The Morgan fingerprint density at radius 3 is 2.20 bits per heavy atom. The lowest BCUT2D eigenvalue weighted by Crippen LogP contribution is -2.42. The second-order valence-electron chi connectivity index (χ2n) is 7.02. The lowest BCUT2D eigenvalue weighted by atomic mass is 9.74. The fourth-order valence-electron chi connectivity index (χ4n) is 4.30. The molecule has 0 unspecified atom stereocenters. The number of carbonyl (C=O) groups excluding carboxylic acids is 2. The van der Waals surface area contributed by atoms with Gasteiger partial charge in [0.2, 0.25) is 0 Å². The quantitative estimate of drug-likeness (QED) is 0.437. The summed E-state index contributed by atoms with van der Waals surface area (Å²) in [5, 5.41) is 0. The minimum absolute atomic E-state index is 0.332. The van der Waals surface area contributed by atoms with Crippen LogP contribution in [-0.4, -0.2) is 26.2 Å². The second-order valence-corrected chi connectivity index (χ2v) is 7.02. The molecule has 0 radical (unpaired) electrons. The maximum Gasteiger partial charge on any atom is 0.323 e. The molecule has 0 N–H and O–H groups in total. The lowest BCUT2D eigenvalue weighted by molar-refractivity contribution is -0.169. The van der Waals surface area contributed by atoms with Crippen molar-refractivity contribution in [1.29, 1.82) is 0 Å². The van der Waals surface area contributed by atoms with Crippen LogP contribution < -0.4 is 0 Å². The first-order valence-electron chi connectivity index (χ1n) is 8.81. The molecule has 3 rings (SSSR count). The molecule has 0 heterocycles. The Balaban J connectivity index is 2.19. The molecule has 3 aliphatic rings. The van der Waals surface area contributed by atoms with E-state index >= 15 is 0 Å². The van der Waals surface area contributed by atoms with Crippen molar-refractivity contribution >= 4 is 11.9 Å². The van der Waals surface area contributed by atoms with Crippen LogP contribution in [0.25, 0.3) is 0 Å². The van der Waals surface area contributed by atoms with Gasteiger partial charge in [0, 0.05) is 11.1 Å². The van der Waals surface area contributed by atoms with E-state index < -0.39 is 17.4 Å². The van der Waals surface area contributed by atoms with Gasteiger partial charge in [0.25, 0.3) is 0 Å². The van der Waals surface area contributed by atoms with Gasteiger partial charge in [-0.15, -0.1) is 0 Å². The molecule has 0 fully saturated rings. The van der Waals surface area contributed by atoms with Crippen LogP contribution in [0.4, 0.5) is 0 Å². The van der Waals surface area contributed by atoms with Gasteiger partial charge in [-0.1, -0.05) is 29.6 Å². The van der Waals surface area contributed by atoms with Crippen LogP contribution >= 0.6 is 0 Å². The van der Waals surface area contributed by atoms with E-state index in [-0.39, 0.29) is 0 Å². The van der Waals surface area contributed by atoms with Gasteiger partial charge in [0.15, 0.2) is 5.41 Å². The zero-order valence-electron chi connectivity index (χ0n) is 15.0. The van der Waals surface area contributed by atoms with Gasteiger partial charge < -0.3 is 9.47 Å². The van der Waals surface area contributed by atoms with Gasteiger partial charge in [0.1, 0.15) is 0 Å². The van der Waals surface area contributed by atoms with E-state index in [1.807, 2.05) is 0 Å². The molecule has 25 heavy (non-hydrogen) atoms. The normalized spacial score (nSPS) is 21.9. The van der Waals surface area contributed by atoms with E-state index in [0.717, 1.165) is 66.4 Å². The molecule has 0 bridgehead atoms. The summed E-state index contributed by atoms with van der Waals surface area (Å²) < 4.78 is 10.1. The zero-order chi connectivity index (χ0) is 18.0. The Kier molecular flexibility index (Phi) is 4.85. The van der Waals surface area contributed by atoms with Gasteiger partial charge in [-0.2, -0.15) is 0 Å². The number of rotatable bonds is 2. The molecule has 0 aromatic heterocycles. The SMILES string of the molecule is C=C1C#CC2=C(CCC2)CC(C(=O)OC)(C(=O)OC)CC2=C1CCC2. The second kappa shape index (κ2) is 6.92. The summed E-state index contributed by atoms with van der Waals surface area (Å²) in [5.41, 5.74) is 3.82. The third kappa shape index (κ3) is 3.04. The summed E-state index contributed by atoms with van der Waals surface area (Å²) in [6, 6.07) is 0. The van der Waals surface area contributed by atoms with E-state index in [9.17, 15) is 9.59 Å². The molecule has 0 aliphatic heterocycles. The number of esters is 2. The van der Waals surface area contributed by atoms with Crippen LogP contribution in [-0.2, 0) is 19.1 Å².